The van der Waals surface area contributed by atoms with Crippen LogP contribution in [0.4, 0.5) is 0 Å². The van der Waals surface area contributed by atoms with Crippen LogP contribution in [0.25, 0.3) is 10.8 Å². The molecule has 0 bridgehead atoms. The Morgan fingerprint density at radius 2 is 1.90 bits per heavy atom. The van der Waals surface area contributed by atoms with E-state index in [1.54, 1.807) is 0 Å². The summed E-state index contributed by atoms with van der Waals surface area (Å²) in [6.45, 7) is 2.88. The molecule has 108 valence electrons. The smallest absolute Gasteiger partial charge is 0.131 e. The Hall–Kier alpha value is -1.58. The molecule has 2 rings (SSSR count). The molecule has 0 aliphatic rings. The lowest BCUT2D eigenvalue weighted by Gasteiger charge is -2.16. The van der Waals surface area contributed by atoms with Gasteiger partial charge in [-0.1, -0.05) is 36.4 Å². The molecular weight excluding hydrogens is 250 g/mol. The van der Waals surface area contributed by atoms with E-state index in [0.29, 0.717) is 6.61 Å². The van der Waals surface area contributed by atoms with E-state index in [2.05, 4.69) is 24.3 Å². The van der Waals surface area contributed by atoms with E-state index >= 15 is 0 Å². The van der Waals surface area contributed by atoms with Crippen molar-refractivity contribution in [2.45, 2.75) is 32.2 Å². The third-order valence-electron chi connectivity index (χ3n) is 3.45. The van der Waals surface area contributed by atoms with Gasteiger partial charge in [-0.25, -0.2) is 0 Å². The van der Waals surface area contributed by atoms with E-state index in [1.807, 2.05) is 19.1 Å². The van der Waals surface area contributed by atoms with Crippen molar-refractivity contribution >= 4 is 10.8 Å². The average molecular weight is 273 g/mol. The molecule has 0 saturated heterocycles. The second-order valence-electron chi connectivity index (χ2n) is 5.13. The summed E-state index contributed by atoms with van der Waals surface area (Å²) in [6.07, 6.45) is 2.76. The summed E-state index contributed by atoms with van der Waals surface area (Å²) < 4.78 is 6.00. The Balaban J connectivity index is 2.21. The first-order valence-electron chi connectivity index (χ1n) is 7.25. The highest BCUT2D eigenvalue weighted by molar-refractivity contribution is 5.89. The first-order valence-corrected chi connectivity index (χ1v) is 7.25. The summed E-state index contributed by atoms with van der Waals surface area (Å²) in [5.41, 5.74) is 7.09. The topological polar surface area (TPSA) is 55.5 Å². The maximum absolute atomic E-state index is 8.78. The summed E-state index contributed by atoms with van der Waals surface area (Å²) in [7, 11) is 0. The Bertz CT molecular complexity index is 552. The van der Waals surface area contributed by atoms with Gasteiger partial charge in [-0.3, -0.25) is 0 Å². The summed E-state index contributed by atoms with van der Waals surface area (Å²) >= 11 is 0. The second kappa shape index (κ2) is 7.27. The zero-order valence-corrected chi connectivity index (χ0v) is 12.0. The molecule has 0 aromatic heterocycles. The predicted octanol–water partition coefficient (Wildman–Crippen LogP) is 3.40. The van der Waals surface area contributed by atoms with Crippen LogP contribution in [0.1, 0.15) is 37.8 Å². The number of hydrogen-bond donors (Lipinski definition) is 2. The highest BCUT2D eigenvalue weighted by Gasteiger charge is 2.11. The van der Waals surface area contributed by atoms with Gasteiger partial charge < -0.3 is 15.6 Å². The van der Waals surface area contributed by atoms with Gasteiger partial charge in [0.05, 0.1) is 6.61 Å². The van der Waals surface area contributed by atoms with Crippen LogP contribution < -0.4 is 10.5 Å². The van der Waals surface area contributed by atoms with Gasteiger partial charge in [0, 0.05) is 23.6 Å². The van der Waals surface area contributed by atoms with Gasteiger partial charge in [0.15, 0.2) is 0 Å². The molecule has 0 spiro atoms. The van der Waals surface area contributed by atoms with E-state index in [1.165, 1.54) is 5.39 Å². The van der Waals surface area contributed by atoms with Crippen molar-refractivity contribution < 1.29 is 9.84 Å². The van der Waals surface area contributed by atoms with Gasteiger partial charge >= 0.3 is 0 Å². The van der Waals surface area contributed by atoms with Crippen LogP contribution in [-0.2, 0) is 0 Å². The average Bonchev–Trinajstić information content (AvgIpc) is 2.46. The van der Waals surface area contributed by atoms with Crippen molar-refractivity contribution in [3.05, 3.63) is 42.0 Å². The molecule has 0 unspecified atom stereocenters. The zero-order valence-electron chi connectivity index (χ0n) is 12.0. The van der Waals surface area contributed by atoms with Crippen molar-refractivity contribution in [2.24, 2.45) is 5.73 Å². The minimum atomic E-state index is -0.0490. The molecule has 3 nitrogen and oxygen atoms in total. The number of nitrogens with two attached hydrogens (primary N) is 1. The Kier molecular flexibility index (Phi) is 5.39. The summed E-state index contributed by atoms with van der Waals surface area (Å²) in [5.74, 6) is 0.905. The molecular formula is C17H23NO2. The summed E-state index contributed by atoms with van der Waals surface area (Å²) in [4.78, 5) is 0. The first-order chi connectivity index (χ1) is 9.74. The number of unbranched alkanes of at least 4 members (excludes halogenated alkanes) is 2. The van der Waals surface area contributed by atoms with Crippen molar-refractivity contribution in [3.8, 4) is 5.75 Å². The van der Waals surface area contributed by atoms with E-state index in [9.17, 15) is 0 Å². The molecule has 0 amide bonds. The Morgan fingerprint density at radius 1 is 1.10 bits per heavy atom. The van der Waals surface area contributed by atoms with Gasteiger partial charge in [-0.05, 0) is 31.6 Å². The highest BCUT2D eigenvalue weighted by atomic mass is 16.5. The number of hydrogen-bond acceptors (Lipinski definition) is 3. The van der Waals surface area contributed by atoms with E-state index in [-0.39, 0.29) is 12.6 Å². The van der Waals surface area contributed by atoms with Crippen molar-refractivity contribution in [1.29, 1.82) is 0 Å². The normalized spacial score (nSPS) is 12.6. The van der Waals surface area contributed by atoms with Gasteiger partial charge in [-0.2, -0.15) is 0 Å². The van der Waals surface area contributed by atoms with Crippen LogP contribution >= 0.6 is 0 Å². The lowest BCUT2D eigenvalue weighted by atomic mass is 10.0. The number of aliphatic hydroxyl groups is 1. The van der Waals surface area contributed by atoms with Crippen LogP contribution in [0, 0.1) is 0 Å². The quantitative estimate of drug-likeness (QED) is 0.760. The lowest BCUT2D eigenvalue weighted by Crippen LogP contribution is -2.09. The lowest BCUT2D eigenvalue weighted by molar-refractivity contribution is 0.266. The third kappa shape index (κ3) is 3.50. The molecule has 0 saturated carbocycles. The van der Waals surface area contributed by atoms with Crippen LogP contribution in [0.2, 0.25) is 0 Å². The fourth-order valence-corrected chi connectivity index (χ4v) is 2.34. The molecule has 20 heavy (non-hydrogen) atoms. The summed E-state index contributed by atoms with van der Waals surface area (Å²) in [5, 5.41) is 11.1. The van der Waals surface area contributed by atoms with Crippen molar-refractivity contribution in [1.82, 2.24) is 0 Å². The molecule has 3 heteroatoms. The SMILES string of the molecule is C[C@@H](N)c1ccc2ccccc2c1OCCCCCO. The maximum atomic E-state index is 8.78. The third-order valence-corrected chi connectivity index (χ3v) is 3.45. The molecule has 2 aromatic rings. The fourth-order valence-electron chi connectivity index (χ4n) is 2.34. The number of fused-ring (bicyclic) bond motifs is 1. The molecule has 1 atom stereocenters. The Labute approximate surface area is 120 Å². The number of rotatable bonds is 7. The van der Waals surface area contributed by atoms with Crippen LogP contribution in [0.5, 0.6) is 5.75 Å². The van der Waals surface area contributed by atoms with Gasteiger partial charge in [0.2, 0.25) is 0 Å². The van der Waals surface area contributed by atoms with E-state index in [0.717, 1.165) is 36.0 Å². The van der Waals surface area contributed by atoms with Gasteiger partial charge in [-0.15, -0.1) is 0 Å². The second-order valence-corrected chi connectivity index (χ2v) is 5.13. The molecule has 0 aliphatic carbocycles. The molecule has 0 radical (unpaired) electrons. The van der Waals surface area contributed by atoms with Crippen molar-refractivity contribution in [3.63, 3.8) is 0 Å². The molecule has 2 aromatic carbocycles. The monoisotopic (exact) mass is 273 g/mol. The van der Waals surface area contributed by atoms with Crippen LogP contribution in [-0.4, -0.2) is 18.3 Å². The molecule has 0 aliphatic heterocycles. The standard InChI is InChI=1S/C17H23NO2/c1-13(18)15-10-9-14-7-3-4-8-16(14)17(15)20-12-6-2-5-11-19/h3-4,7-10,13,19H,2,5-6,11-12,18H2,1H3/t13-/m1/s1. The minimum Gasteiger partial charge on any atom is -0.493 e. The Morgan fingerprint density at radius 3 is 2.65 bits per heavy atom. The number of ether oxygens (including phenoxy) is 1. The molecule has 0 heterocycles. The van der Waals surface area contributed by atoms with Crippen LogP contribution in [0.3, 0.4) is 0 Å². The highest BCUT2D eigenvalue weighted by Crippen LogP contribution is 2.33. The largest absolute Gasteiger partial charge is 0.493 e. The predicted molar refractivity (Wildman–Crippen MR) is 83.0 cm³/mol. The van der Waals surface area contributed by atoms with E-state index in [4.69, 9.17) is 15.6 Å². The van der Waals surface area contributed by atoms with E-state index < -0.39 is 0 Å². The van der Waals surface area contributed by atoms with Gasteiger partial charge in [0.25, 0.3) is 0 Å². The zero-order chi connectivity index (χ0) is 14.4. The fraction of sp³-hybridized carbons (Fsp3) is 0.412. The van der Waals surface area contributed by atoms with Crippen LogP contribution in [0.15, 0.2) is 36.4 Å². The molecule has 0 fully saturated rings. The minimum absolute atomic E-state index is 0.0490. The first kappa shape index (κ1) is 14.8. The molecule has 3 N–H and O–H groups in total. The van der Waals surface area contributed by atoms with Gasteiger partial charge in [0.1, 0.15) is 5.75 Å². The number of aliphatic hydroxyl groups excluding tert-OH is 1. The summed E-state index contributed by atoms with van der Waals surface area (Å²) in [6, 6.07) is 12.3. The maximum Gasteiger partial charge on any atom is 0.131 e. The van der Waals surface area contributed by atoms with Crippen molar-refractivity contribution in [2.75, 3.05) is 13.2 Å². The number of benzene rings is 2.